The highest BCUT2D eigenvalue weighted by Gasteiger charge is 2.31. The minimum Gasteiger partial charge on any atom is -0.314 e. The van der Waals surface area contributed by atoms with Crippen molar-refractivity contribution in [3.8, 4) is 0 Å². The van der Waals surface area contributed by atoms with Gasteiger partial charge in [-0.3, -0.25) is 0 Å². The molecule has 0 radical (unpaired) electrons. The first kappa shape index (κ1) is 17.1. The van der Waals surface area contributed by atoms with E-state index in [1.54, 1.807) is 0 Å². The maximum atomic E-state index is 6.35. The summed E-state index contributed by atoms with van der Waals surface area (Å²) in [6.45, 7) is 7.94. The van der Waals surface area contributed by atoms with Crippen molar-refractivity contribution >= 4 is 23.2 Å². The molecular formula is C18H27Cl2N. The first-order valence-electron chi connectivity index (χ1n) is 8.09. The van der Waals surface area contributed by atoms with Crippen LogP contribution in [0.25, 0.3) is 0 Å². The van der Waals surface area contributed by atoms with Gasteiger partial charge in [0.15, 0.2) is 0 Å². The fourth-order valence-corrected chi connectivity index (χ4v) is 3.99. The van der Waals surface area contributed by atoms with Gasteiger partial charge in [0.25, 0.3) is 0 Å². The molecule has 1 unspecified atom stereocenters. The van der Waals surface area contributed by atoms with Gasteiger partial charge >= 0.3 is 0 Å². The van der Waals surface area contributed by atoms with Crippen LogP contribution < -0.4 is 5.32 Å². The Morgan fingerprint density at radius 3 is 2.29 bits per heavy atom. The highest BCUT2D eigenvalue weighted by molar-refractivity contribution is 6.36. The molecule has 3 heteroatoms. The molecule has 1 aromatic carbocycles. The molecule has 0 aliphatic heterocycles. The third kappa shape index (κ3) is 4.61. The number of nitrogens with one attached hydrogen (secondary N) is 1. The van der Waals surface area contributed by atoms with Gasteiger partial charge in [0, 0.05) is 16.1 Å². The maximum absolute atomic E-state index is 6.35. The highest BCUT2D eigenvalue weighted by Crippen LogP contribution is 2.40. The summed E-state index contributed by atoms with van der Waals surface area (Å²) in [5.74, 6) is 0.727. The minimum atomic E-state index is 0.475. The van der Waals surface area contributed by atoms with Crippen molar-refractivity contribution in [3.05, 3.63) is 33.8 Å². The summed E-state index contributed by atoms with van der Waals surface area (Å²) >= 11 is 12.7. The Morgan fingerprint density at radius 1 is 1.19 bits per heavy atom. The lowest BCUT2D eigenvalue weighted by Gasteiger charge is -2.38. The summed E-state index contributed by atoms with van der Waals surface area (Å²) in [6, 6.07) is 6.27. The van der Waals surface area contributed by atoms with Crippen LogP contribution in [-0.2, 0) is 6.42 Å². The van der Waals surface area contributed by atoms with E-state index in [-0.39, 0.29) is 0 Å². The molecule has 1 N–H and O–H groups in total. The van der Waals surface area contributed by atoms with Crippen LogP contribution in [0.2, 0.25) is 10.0 Å². The first-order chi connectivity index (χ1) is 9.93. The maximum Gasteiger partial charge on any atom is 0.0453 e. The van der Waals surface area contributed by atoms with Crippen molar-refractivity contribution in [1.82, 2.24) is 5.32 Å². The third-order valence-electron chi connectivity index (χ3n) is 4.90. The van der Waals surface area contributed by atoms with Crippen LogP contribution in [0.3, 0.4) is 0 Å². The number of hydrogen-bond acceptors (Lipinski definition) is 1. The number of hydrogen-bond donors (Lipinski definition) is 1. The van der Waals surface area contributed by atoms with E-state index < -0.39 is 0 Å². The van der Waals surface area contributed by atoms with Gasteiger partial charge in [-0.1, -0.05) is 50.0 Å². The summed E-state index contributed by atoms with van der Waals surface area (Å²) < 4.78 is 0. The fourth-order valence-electron chi connectivity index (χ4n) is 3.44. The van der Waals surface area contributed by atoms with E-state index in [4.69, 9.17) is 23.2 Å². The largest absolute Gasteiger partial charge is 0.314 e. The molecule has 1 aromatic rings. The lowest BCUT2D eigenvalue weighted by molar-refractivity contribution is 0.161. The van der Waals surface area contributed by atoms with Gasteiger partial charge < -0.3 is 5.32 Å². The zero-order chi connectivity index (χ0) is 15.5. The van der Waals surface area contributed by atoms with Gasteiger partial charge in [0.1, 0.15) is 0 Å². The van der Waals surface area contributed by atoms with Crippen molar-refractivity contribution in [1.29, 1.82) is 0 Å². The van der Waals surface area contributed by atoms with Crippen LogP contribution in [0.5, 0.6) is 0 Å². The molecule has 0 aromatic heterocycles. The molecule has 1 atom stereocenters. The van der Waals surface area contributed by atoms with E-state index >= 15 is 0 Å². The minimum absolute atomic E-state index is 0.475. The highest BCUT2D eigenvalue weighted by atomic mass is 35.5. The van der Waals surface area contributed by atoms with Gasteiger partial charge in [-0.15, -0.1) is 0 Å². The first-order valence-corrected chi connectivity index (χ1v) is 8.85. The van der Waals surface area contributed by atoms with E-state index in [9.17, 15) is 0 Å². The van der Waals surface area contributed by atoms with E-state index in [1.165, 1.54) is 25.7 Å². The Morgan fingerprint density at radius 2 is 1.76 bits per heavy atom. The topological polar surface area (TPSA) is 12.0 Å². The number of rotatable bonds is 5. The second-order valence-electron chi connectivity index (χ2n) is 7.07. The number of halogens is 2. The number of likely N-dealkylation sites (N-methyl/N-ethyl adjacent to an activating group) is 1. The lowest BCUT2D eigenvalue weighted by Crippen LogP contribution is -2.40. The van der Waals surface area contributed by atoms with Crippen LogP contribution >= 0.6 is 23.2 Å². The van der Waals surface area contributed by atoms with Crippen LogP contribution in [0, 0.1) is 11.3 Å². The number of benzene rings is 1. The summed E-state index contributed by atoms with van der Waals surface area (Å²) in [7, 11) is 0. The Kier molecular flexibility index (Phi) is 5.99. The molecule has 2 rings (SSSR count). The molecule has 0 amide bonds. The van der Waals surface area contributed by atoms with Gasteiger partial charge in [0.2, 0.25) is 0 Å². The van der Waals surface area contributed by atoms with Gasteiger partial charge in [0.05, 0.1) is 0 Å². The molecule has 0 bridgehead atoms. The Hall–Kier alpha value is -0.240. The quantitative estimate of drug-likeness (QED) is 0.728. The standard InChI is InChI=1S/C18H27Cl2N/c1-4-21-17(13-8-10-18(2,3)11-9-13)12-14-15(19)6-5-7-16(14)20/h5-7,13,17,21H,4,8-12H2,1-3H3. The molecule has 1 saturated carbocycles. The van der Waals surface area contributed by atoms with Gasteiger partial charge in [-0.2, -0.15) is 0 Å². The average molecular weight is 328 g/mol. The second-order valence-corrected chi connectivity index (χ2v) is 7.88. The van der Waals surface area contributed by atoms with Crippen LogP contribution in [0.1, 0.15) is 52.0 Å². The molecule has 0 heterocycles. The van der Waals surface area contributed by atoms with Crippen molar-refractivity contribution in [2.75, 3.05) is 6.54 Å². The molecule has 1 fully saturated rings. The van der Waals surface area contributed by atoms with Crippen molar-refractivity contribution < 1.29 is 0 Å². The van der Waals surface area contributed by atoms with E-state index in [0.29, 0.717) is 11.5 Å². The predicted octanol–water partition coefficient (Wildman–Crippen LogP) is 5.73. The van der Waals surface area contributed by atoms with E-state index in [2.05, 4.69) is 26.1 Å². The molecular weight excluding hydrogens is 301 g/mol. The summed E-state index contributed by atoms with van der Waals surface area (Å²) in [5, 5.41) is 5.25. The summed E-state index contributed by atoms with van der Waals surface area (Å²) in [6.07, 6.45) is 6.16. The van der Waals surface area contributed by atoms with Crippen molar-refractivity contribution in [2.24, 2.45) is 11.3 Å². The Labute approximate surface area is 139 Å². The van der Waals surface area contributed by atoms with Crippen LogP contribution in [0.15, 0.2) is 18.2 Å². The zero-order valence-corrected chi connectivity index (χ0v) is 14.9. The SMILES string of the molecule is CCNC(Cc1c(Cl)cccc1Cl)C1CCC(C)(C)CC1. The molecule has 0 saturated heterocycles. The van der Waals surface area contributed by atoms with Crippen molar-refractivity contribution in [3.63, 3.8) is 0 Å². The Bertz CT molecular complexity index is 440. The monoisotopic (exact) mass is 327 g/mol. The fraction of sp³-hybridized carbons (Fsp3) is 0.667. The third-order valence-corrected chi connectivity index (χ3v) is 5.61. The van der Waals surface area contributed by atoms with Gasteiger partial charge in [-0.25, -0.2) is 0 Å². The van der Waals surface area contributed by atoms with E-state index in [0.717, 1.165) is 34.5 Å². The van der Waals surface area contributed by atoms with Crippen LogP contribution in [-0.4, -0.2) is 12.6 Å². The Balaban J connectivity index is 2.09. The van der Waals surface area contributed by atoms with Gasteiger partial charge in [-0.05, 0) is 67.7 Å². The predicted molar refractivity (Wildman–Crippen MR) is 93.4 cm³/mol. The molecule has 21 heavy (non-hydrogen) atoms. The molecule has 118 valence electrons. The lowest BCUT2D eigenvalue weighted by atomic mass is 9.70. The van der Waals surface area contributed by atoms with E-state index in [1.807, 2.05) is 18.2 Å². The molecule has 0 spiro atoms. The molecule has 1 nitrogen and oxygen atoms in total. The van der Waals surface area contributed by atoms with Crippen molar-refractivity contribution in [2.45, 2.75) is 58.9 Å². The normalized spacial score (nSPS) is 20.4. The second kappa shape index (κ2) is 7.35. The average Bonchev–Trinajstić information content (AvgIpc) is 2.42. The smallest absolute Gasteiger partial charge is 0.0453 e. The van der Waals surface area contributed by atoms with Crippen LogP contribution in [0.4, 0.5) is 0 Å². The summed E-state index contributed by atoms with van der Waals surface area (Å²) in [5.41, 5.74) is 1.60. The summed E-state index contributed by atoms with van der Waals surface area (Å²) in [4.78, 5) is 0. The molecule has 1 aliphatic rings. The zero-order valence-electron chi connectivity index (χ0n) is 13.4. The molecule has 1 aliphatic carbocycles.